The second-order valence-electron chi connectivity index (χ2n) is 4.93. The molecule has 0 radical (unpaired) electrons. The van der Waals surface area contributed by atoms with Crippen LogP contribution in [-0.4, -0.2) is 20.9 Å². The molecule has 0 aromatic heterocycles. The molecule has 0 saturated carbocycles. The van der Waals surface area contributed by atoms with Gasteiger partial charge in [0, 0.05) is 0 Å². The zero-order chi connectivity index (χ0) is 15.7. The molecule has 0 fully saturated rings. The second-order valence-corrected chi connectivity index (χ2v) is 8.11. The van der Waals surface area contributed by atoms with Crippen LogP contribution in [0, 0.1) is 11.8 Å². The molecule has 0 bridgehead atoms. The molecule has 0 N–H and O–H groups in total. The van der Waals surface area contributed by atoms with Gasteiger partial charge >= 0.3 is 148 Å². The van der Waals surface area contributed by atoms with Gasteiger partial charge in [-0.15, -0.1) is 0 Å². The van der Waals surface area contributed by atoms with E-state index in [1.54, 1.807) is 0 Å². The first kappa shape index (κ1) is 15.6. The van der Waals surface area contributed by atoms with Gasteiger partial charge in [-0.3, -0.25) is 0 Å². The van der Waals surface area contributed by atoms with Crippen LogP contribution in [0.3, 0.4) is 0 Å². The summed E-state index contributed by atoms with van der Waals surface area (Å²) in [5.74, 6) is 6.47. The van der Waals surface area contributed by atoms with Gasteiger partial charge in [0.05, 0.1) is 0 Å². The van der Waals surface area contributed by atoms with E-state index in [0.717, 1.165) is 5.56 Å². The molecule has 3 aromatic carbocycles. The number of hydrogen-bond donors (Lipinski definition) is 0. The topological polar surface area (TPSA) is 0 Å². The Kier molecular flexibility index (Phi) is 5.71. The Morgan fingerprint density at radius 1 is 0.696 bits per heavy atom. The van der Waals surface area contributed by atoms with Crippen molar-refractivity contribution in [2.45, 2.75) is 0 Å². The van der Waals surface area contributed by atoms with E-state index in [2.05, 4.69) is 78.6 Å². The Labute approximate surface area is 148 Å². The third kappa shape index (κ3) is 4.87. The number of hydrogen-bond acceptors (Lipinski definition) is 0. The van der Waals surface area contributed by atoms with Crippen molar-refractivity contribution in [3.63, 3.8) is 0 Å². The fourth-order valence-corrected chi connectivity index (χ4v) is 4.72. The quantitative estimate of drug-likeness (QED) is 0.452. The molecule has 0 spiro atoms. The van der Waals surface area contributed by atoms with Gasteiger partial charge in [0.2, 0.25) is 0 Å². The van der Waals surface area contributed by atoms with Crippen molar-refractivity contribution in [2.75, 3.05) is 0 Å². The fraction of sp³-hybridized carbons (Fsp3) is 0. The van der Waals surface area contributed by atoms with E-state index < -0.39 is 20.9 Å². The Hall–Kier alpha value is -2.25. The van der Waals surface area contributed by atoms with Crippen molar-refractivity contribution in [1.29, 1.82) is 0 Å². The van der Waals surface area contributed by atoms with Gasteiger partial charge < -0.3 is 0 Å². The van der Waals surface area contributed by atoms with Gasteiger partial charge in [-0.25, -0.2) is 0 Å². The van der Waals surface area contributed by atoms with E-state index in [1.807, 2.05) is 30.3 Å². The second kappa shape index (κ2) is 8.40. The first-order valence-corrected chi connectivity index (χ1v) is 9.80. The normalized spacial score (nSPS) is 10.7. The maximum absolute atomic E-state index is 3.24. The fourth-order valence-electron chi connectivity index (χ4n) is 2.10. The van der Waals surface area contributed by atoms with Crippen LogP contribution in [-0.2, 0) is 0 Å². The summed E-state index contributed by atoms with van der Waals surface area (Å²) in [4.78, 5) is 0. The summed E-state index contributed by atoms with van der Waals surface area (Å²) in [6.07, 6.45) is 2.09. The van der Waals surface area contributed by atoms with Crippen LogP contribution in [0.5, 0.6) is 0 Å². The van der Waals surface area contributed by atoms with Crippen LogP contribution >= 0.6 is 0 Å². The molecule has 0 nitrogen and oxygen atoms in total. The molecule has 0 unspecified atom stereocenters. The van der Waals surface area contributed by atoms with Crippen molar-refractivity contribution < 1.29 is 0 Å². The first-order chi connectivity index (χ1) is 11.4. The molecule has 0 aliphatic heterocycles. The van der Waals surface area contributed by atoms with Crippen molar-refractivity contribution in [2.24, 2.45) is 0 Å². The predicted molar refractivity (Wildman–Crippen MR) is 99.6 cm³/mol. The third-order valence-corrected chi connectivity index (χ3v) is 6.31. The molecule has 1 heteroatoms. The van der Waals surface area contributed by atoms with Crippen molar-refractivity contribution in [3.05, 3.63) is 108 Å². The van der Waals surface area contributed by atoms with Crippen LogP contribution in [0.2, 0.25) is 0 Å². The first-order valence-electron chi connectivity index (χ1n) is 7.47. The van der Waals surface area contributed by atoms with Crippen molar-refractivity contribution in [1.82, 2.24) is 0 Å². The number of benzene rings is 3. The number of rotatable bonds is 3. The molecule has 3 aromatic rings. The molecule has 23 heavy (non-hydrogen) atoms. The van der Waals surface area contributed by atoms with Crippen LogP contribution in [0.15, 0.2) is 97.1 Å². The minimum absolute atomic E-state index is 0.446. The van der Waals surface area contributed by atoms with Crippen LogP contribution in [0.1, 0.15) is 11.1 Å². The molecule has 110 valence electrons. The maximum atomic E-state index is 3.24. The van der Waals surface area contributed by atoms with E-state index in [-0.39, 0.29) is 0 Å². The molecule has 0 aliphatic rings. The zero-order valence-corrected chi connectivity index (χ0v) is 15.0. The van der Waals surface area contributed by atoms with Crippen molar-refractivity contribution in [3.8, 4) is 11.8 Å². The van der Waals surface area contributed by atoms with Gasteiger partial charge in [0.15, 0.2) is 0 Å². The van der Waals surface area contributed by atoms with Crippen LogP contribution in [0.4, 0.5) is 0 Å². The minimum atomic E-state index is -0.446. The summed E-state index contributed by atoms with van der Waals surface area (Å²) < 4.78 is 2.79. The molecule has 0 atom stereocenters. The Balaban J connectivity index is 1.89. The summed E-state index contributed by atoms with van der Waals surface area (Å²) in [6, 6.07) is 31.4. The Bertz CT molecular complexity index is 823. The van der Waals surface area contributed by atoms with E-state index in [0.29, 0.717) is 0 Å². The average Bonchev–Trinajstić information content (AvgIpc) is 2.63. The molecule has 0 saturated heterocycles. The van der Waals surface area contributed by atoms with Gasteiger partial charge in [0.1, 0.15) is 0 Å². The molecular weight excluding hydrogens is 392 g/mol. The molecular formula is C22H16Te. The monoisotopic (exact) mass is 410 g/mol. The summed E-state index contributed by atoms with van der Waals surface area (Å²) >= 11 is -0.446. The molecule has 0 aliphatic carbocycles. The van der Waals surface area contributed by atoms with Gasteiger partial charge in [-0.2, -0.15) is 0 Å². The van der Waals surface area contributed by atoms with Crippen LogP contribution < -0.4 is 3.61 Å². The summed E-state index contributed by atoms with van der Waals surface area (Å²) in [5, 5.41) is 0. The van der Waals surface area contributed by atoms with E-state index in [9.17, 15) is 0 Å². The van der Waals surface area contributed by atoms with Crippen molar-refractivity contribution >= 4 is 28.2 Å². The summed E-state index contributed by atoms with van der Waals surface area (Å²) in [5.41, 5.74) is 2.33. The van der Waals surface area contributed by atoms with Gasteiger partial charge in [-0.1, -0.05) is 0 Å². The molecule has 0 amide bonds. The van der Waals surface area contributed by atoms with E-state index in [4.69, 9.17) is 0 Å². The third-order valence-electron chi connectivity index (χ3n) is 3.22. The van der Waals surface area contributed by atoms with E-state index in [1.165, 1.54) is 12.8 Å². The standard InChI is InChI=1S/C22H16Te/c1-4-11-19(12-5-1)13-10-18-22(20-14-6-2-7-15-20)23-21-16-8-3-9-17-21/h1-9,11-12,14-18H/b22-18-. The SMILES string of the molecule is C(#Cc1ccccc1)/C=C(\[Te]c1ccccc1)c1ccccc1. The Morgan fingerprint density at radius 2 is 1.26 bits per heavy atom. The zero-order valence-electron chi connectivity index (χ0n) is 12.6. The molecule has 0 heterocycles. The van der Waals surface area contributed by atoms with Gasteiger partial charge in [0.25, 0.3) is 0 Å². The molecule has 3 rings (SSSR count). The van der Waals surface area contributed by atoms with E-state index >= 15 is 0 Å². The summed E-state index contributed by atoms with van der Waals surface area (Å²) in [6.45, 7) is 0. The average molecular weight is 408 g/mol. The number of allylic oxidation sites excluding steroid dienone is 1. The summed E-state index contributed by atoms with van der Waals surface area (Å²) in [7, 11) is 0. The van der Waals surface area contributed by atoms with Crippen LogP contribution in [0.25, 0.3) is 3.62 Å². The Morgan fingerprint density at radius 3 is 1.91 bits per heavy atom. The van der Waals surface area contributed by atoms with Gasteiger partial charge in [-0.05, 0) is 0 Å². The predicted octanol–water partition coefficient (Wildman–Crippen LogP) is 4.11.